The summed E-state index contributed by atoms with van der Waals surface area (Å²) < 4.78 is 0. The zero-order valence-corrected chi connectivity index (χ0v) is 16.7. The normalized spacial score (nSPS) is 29.5. The summed E-state index contributed by atoms with van der Waals surface area (Å²) in [6.07, 6.45) is 11.1. The van der Waals surface area contributed by atoms with Gasteiger partial charge in [-0.05, 0) is 56.4 Å². The Morgan fingerprint density at radius 3 is 2.62 bits per heavy atom. The monoisotopic (exact) mass is 363 g/mol. The quantitative estimate of drug-likeness (QED) is 0.789. The van der Waals surface area contributed by atoms with Crippen molar-refractivity contribution in [1.29, 1.82) is 0 Å². The standard InChI is InChI=1S/C21H37N3O2/c1-23(2)20(25)10-6-9-19-18-11-17(13-22-19)14-24(15-18)21(26)12-16-7-4-3-5-8-16/h16-19,22H,3-15H2,1-2H3/t17?,18?,19-/m1/s1. The molecule has 0 aromatic carbocycles. The van der Waals surface area contributed by atoms with Gasteiger partial charge >= 0.3 is 0 Å². The molecule has 0 spiro atoms. The van der Waals surface area contributed by atoms with Crippen LogP contribution in [0, 0.1) is 17.8 Å². The minimum absolute atomic E-state index is 0.214. The Hall–Kier alpha value is -1.10. The van der Waals surface area contributed by atoms with Crippen LogP contribution in [-0.4, -0.2) is 61.4 Å². The summed E-state index contributed by atoms with van der Waals surface area (Å²) in [6, 6.07) is 0.464. The van der Waals surface area contributed by atoms with E-state index in [1.54, 1.807) is 4.90 Å². The first-order valence-corrected chi connectivity index (χ1v) is 10.7. The molecule has 2 bridgehead atoms. The van der Waals surface area contributed by atoms with Gasteiger partial charge in [-0.2, -0.15) is 0 Å². The number of fused-ring (bicyclic) bond motifs is 2. The van der Waals surface area contributed by atoms with Crippen molar-refractivity contribution in [1.82, 2.24) is 15.1 Å². The first kappa shape index (κ1) is 19.7. The average molecular weight is 364 g/mol. The molecule has 2 saturated heterocycles. The van der Waals surface area contributed by atoms with E-state index in [1.165, 1.54) is 38.5 Å². The Bertz CT molecular complexity index is 488. The summed E-state index contributed by atoms with van der Waals surface area (Å²) in [5.74, 6) is 2.42. The van der Waals surface area contributed by atoms with Gasteiger partial charge in [0.25, 0.3) is 0 Å². The van der Waals surface area contributed by atoms with Crippen LogP contribution < -0.4 is 5.32 Å². The van der Waals surface area contributed by atoms with E-state index in [-0.39, 0.29) is 5.91 Å². The van der Waals surface area contributed by atoms with E-state index >= 15 is 0 Å². The number of likely N-dealkylation sites (tertiary alicyclic amines) is 1. The molecule has 2 aliphatic heterocycles. The van der Waals surface area contributed by atoms with Gasteiger partial charge in [0.05, 0.1) is 0 Å². The maximum absolute atomic E-state index is 12.8. The van der Waals surface area contributed by atoms with Gasteiger partial charge in [-0.1, -0.05) is 19.3 Å². The van der Waals surface area contributed by atoms with Crippen molar-refractivity contribution in [2.75, 3.05) is 33.7 Å². The minimum Gasteiger partial charge on any atom is -0.349 e. The van der Waals surface area contributed by atoms with Crippen molar-refractivity contribution in [3.8, 4) is 0 Å². The molecule has 0 radical (unpaired) electrons. The lowest BCUT2D eigenvalue weighted by Crippen LogP contribution is -2.57. The van der Waals surface area contributed by atoms with Gasteiger partial charge in [-0.15, -0.1) is 0 Å². The zero-order chi connectivity index (χ0) is 18.5. The van der Waals surface area contributed by atoms with Gasteiger partial charge in [-0.25, -0.2) is 0 Å². The molecule has 3 rings (SSSR count). The first-order valence-electron chi connectivity index (χ1n) is 10.7. The summed E-state index contributed by atoms with van der Waals surface area (Å²) >= 11 is 0. The van der Waals surface area contributed by atoms with Crippen LogP contribution in [0.5, 0.6) is 0 Å². The fourth-order valence-corrected chi connectivity index (χ4v) is 5.18. The number of carbonyl (C=O) groups excluding carboxylic acids is 2. The van der Waals surface area contributed by atoms with Crippen molar-refractivity contribution in [3.63, 3.8) is 0 Å². The second-order valence-corrected chi connectivity index (χ2v) is 9.06. The molecule has 2 amide bonds. The maximum Gasteiger partial charge on any atom is 0.222 e. The van der Waals surface area contributed by atoms with Crippen molar-refractivity contribution in [2.45, 2.75) is 70.3 Å². The zero-order valence-electron chi connectivity index (χ0n) is 16.7. The van der Waals surface area contributed by atoms with Crippen LogP contribution in [0.15, 0.2) is 0 Å². The van der Waals surface area contributed by atoms with Crippen LogP contribution in [-0.2, 0) is 9.59 Å². The number of rotatable bonds is 6. The summed E-state index contributed by atoms with van der Waals surface area (Å²) in [5.41, 5.74) is 0. The van der Waals surface area contributed by atoms with Gasteiger partial charge in [-0.3, -0.25) is 9.59 Å². The predicted octanol–water partition coefficient (Wildman–Crippen LogP) is 2.65. The second-order valence-electron chi connectivity index (χ2n) is 9.06. The Labute approximate surface area is 158 Å². The van der Waals surface area contributed by atoms with Gasteiger partial charge in [0.1, 0.15) is 0 Å². The molecule has 5 nitrogen and oxygen atoms in total. The van der Waals surface area contributed by atoms with E-state index in [4.69, 9.17) is 0 Å². The van der Waals surface area contributed by atoms with E-state index in [9.17, 15) is 9.59 Å². The first-order chi connectivity index (χ1) is 12.5. The molecule has 1 saturated carbocycles. The number of nitrogens with one attached hydrogen (secondary N) is 1. The molecular formula is C21H37N3O2. The average Bonchev–Trinajstić information content (AvgIpc) is 2.64. The highest BCUT2D eigenvalue weighted by Crippen LogP contribution is 2.32. The van der Waals surface area contributed by atoms with E-state index in [0.717, 1.165) is 38.9 Å². The topological polar surface area (TPSA) is 52.7 Å². The molecule has 3 aliphatic rings. The largest absolute Gasteiger partial charge is 0.349 e. The second kappa shape index (κ2) is 9.20. The minimum atomic E-state index is 0.214. The fourth-order valence-electron chi connectivity index (χ4n) is 5.18. The summed E-state index contributed by atoms with van der Waals surface area (Å²) in [6.45, 7) is 2.89. The van der Waals surface area contributed by atoms with Crippen molar-refractivity contribution < 1.29 is 9.59 Å². The molecular weight excluding hydrogens is 326 g/mol. The Balaban J connectivity index is 1.47. The highest BCUT2D eigenvalue weighted by atomic mass is 16.2. The van der Waals surface area contributed by atoms with Gasteiger partial charge in [0, 0.05) is 46.1 Å². The van der Waals surface area contributed by atoms with Crippen molar-refractivity contribution >= 4 is 11.8 Å². The van der Waals surface area contributed by atoms with Gasteiger partial charge in [0.15, 0.2) is 0 Å². The molecule has 148 valence electrons. The van der Waals surface area contributed by atoms with Gasteiger partial charge < -0.3 is 15.1 Å². The number of amides is 2. The third kappa shape index (κ3) is 5.21. The molecule has 3 fully saturated rings. The number of nitrogens with zero attached hydrogens (tertiary/aromatic N) is 2. The van der Waals surface area contributed by atoms with E-state index in [0.29, 0.717) is 36.1 Å². The summed E-state index contributed by atoms with van der Waals surface area (Å²) in [5, 5.41) is 3.70. The van der Waals surface area contributed by atoms with E-state index in [2.05, 4.69) is 10.2 Å². The number of carbonyl (C=O) groups is 2. The lowest BCUT2D eigenvalue weighted by molar-refractivity contribution is -0.136. The molecule has 5 heteroatoms. The smallest absolute Gasteiger partial charge is 0.222 e. The van der Waals surface area contributed by atoms with Crippen LogP contribution >= 0.6 is 0 Å². The molecule has 1 aliphatic carbocycles. The lowest BCUT2D eigenvalue weighted by atomic mass is 9.78. The van der Waals surface area contributed by atoms with E-state index < -0.39 is 0 Å². The van der Waals surface area contributed by atoms with Crippen LogP contribution in [0.2, 0.25) is 0 Å². The number of hydrogen-bond acceptors (Lipinski definition) is 3. The Kier molecular flexibility index (Phi) is 6.96. The molecule has 2 heterocycles. The van der Waals surface area contributed by atoms with Gasteiger partial charge in [0.2, 0.25) is 11.8 Å². The number of hydrogen-bond donors (Lipinski definition) is 1. The van der Waals surface area contributed by atoms with Crippen LogP contribution in [0.25, 0.3) is 0 Å². The number of piperidine rings is 2. The van der Waals surface area contributed by atoms with Crippen LogP contribution in [0.1, 0.15) is 64.2 Å². The highest BCUT2D eigenvalue weighted by molar-refractivity contribution is 5.76. The molecule has 2 unspecified atom stereocenters. The molecule has 0 aromatic heterocycles. The van der Waals surface area contributed by atoms with Crippen LogP contribution in [0.3, 0.4) is 0 Å². The molecule has 26 heavy (non-hydrogen) atoms. The third-order valence-electron chi connectivity index (χ3n) is 6.75. The van der Waals surface area contributed by atoms with Crippen molar-refractivity contribution in [3.05, 3.63) is 0 Å². The van der Waals surface area contributed by atoms with Crippen LogP contribution in [0.4, 0.5) is 0 Å². The Morgan fingerprint density at radius 1 is 1.12 bits per heavy atom. The lowest BCUT2D eigenvalue weighted by Gasteiger charge is -2.46. The molecule has 0 aromatic rings. The molecule has 3 atom stereocenters. The van der Waals surface area contributed by atoms with E-state index in [1.807, 2.05) is 14.1 Å². The fraction of sp³-hybridized carbons (Fsp3) is 0.905. The SMILES string of the molecule is CN(C)C(=O)CCC[C@H]1NCC2CC1CN(C(=O)CC1CCCCC1)C2. The summed E-state index contributed by atoms with van der Waals surface area (Å²) in [7, 11) is 3.64. The Morgan fingerprint density at radius 2 is 1.88 bits per heavy atom. The highest BCUT2D eigenvalue weighted by Gasteiger charge is 2.38. The summed E-state index contributed by atoms with van der Waals surface area (Å²) in [4.78, 5) is 28.5. The maximum atomic E-state index is 12.8. The predicted molar refractivity (Wildman–Crippen MR) is 104 cm³/mol. The third-order valence-corrected chi connectivity index (χ3v) is 6.75. The van der Waals surface area contributed by atoms with Crippen molar-refractivity contribution in [2.24, 2.45) is 17.8 Å². The molecule has 1 N–H and O–H groups in total.